The quantitative estimate of drug-likeness (QED) is 0.844. The van der Waals surface area contributed by atoms with Crippen molar-refractivity contribution in [3.8, 4) is 0 Å². The predicted molar refractivity (Wildman–Crippen MR) is 94.5 cm³/mol. The number of halogens is 1. The molecule has 0 spiro atoms. The van der Waals surface area contributed by atoms with E-state index >= 15 is 0 Å². The van der Waals surface area contributed by atoms with Crippen LogP contribution in [0.3, 0.4) is 0 Å². The number of aliphatic hydroxyl groups excluding tert-OH is 1. The van der Waals surface area contributed by atoms with Gasteiger partial charge in [0.25, 0.3) is 0 Å². The molecule has 0 unspecified atom stereocenters. The van der Waals surface area contributed by atoms with Crippen molar-refractivity contribution in [1.29, 1.82) is 0 Å². The Kier molecular flexibility index (Phi) is 4.46. The zero-order valence-corrected chi connectivity index (χ0v) is 15.1. The predicted octanol–water partition coefficient (Wildman–Crippen LogP) is 2.70. The Morgan fingerprint density at radius 3 is 2.70 bits per heavy atom. The molecule has 0 aromatic heterocycles. The first kappa shape index (κ1) is 18.0. The molecule has 1 aliphatic carbocycles. The molecule has 2 aliphatic heterocycles. The van der Waals surface area contributed by atoms with Crippen molar-refractivity contribution in [2.75, 3.05) is 18.5 Å². The summed E-state index contributed by atoms with van der Waals surface area (Å²) in [6.45, 7) is 0.0755. The highest BCUT2D eigenvalue weighted by Crippen LogP contribution is 2.43. The number of hydrogen-bond acceptors (Lipinski definition) is 4. The lowest BCUT2D eigenvalue weighted by Crippen LogP contribution is -2.41. The Balaban J connectivity index is 1.58. The van der Waals surface area contributed by atoms with Crippen LogP contribution in [-0.4, -0.2) is 59.1 Å². The average molecular weight is 378 g/mol. The molecule has 27 heavy (non-hydrogen) atoms. The summed E-state index contributed by atoms with van der Waals surface area (Å²) in [5, 5.41) is 18.7. The molecule has 146 valence electrons. The summed E-state index contributed by atoms with van der Waals surface area (Å²) >= 11 is 0. The van der Waals surface area contributed by atoms with Crippen LogP contribution < -0.4 is 4.90 Å². The maximum absolute atomic E-state index is 14.8. The Bertz CT molecular complexity index is 778. The standard InChI is InChI=1S/C19H23FN2O5/c1-21(18(24)25)9-17-16-7-11-6-13(10-2-4-12(23)5-3-10)14(20)8-15(11)22(16)19(26)27-17/h6,8,10,12,16-17,23H,2-5,7,9H2,1H3,(H,24,25)/t10?,12?,16-,17-/m0/s1. The van der Waals surface area contributed by atoms with Gasteiger partial charge in [0.05, 0.1) is 24.4 Å². The Morgan fingerprint density at radius 1 is 1.33 bits per heavy atom. The molecule has 8 heteroatoms. The van der Waals surface area contributed by atoms with Crippen molar-refractivity contribution in [2.24, 2.45) is 0 Å². The molecule has 2 atom stereocenters. The number of rotatable bonds is 3. The van der Waals surface area contributed by atoms with Crippen molar-refractivity contribution in [2.45, 2.75) is 56.3 Å². The van der Waals surface area contributed by atoms with E-state index in [2.05, 4.69) is 0 Å². The lowest BCUT2D eigenvalue weighted by atomic mass is 9.82. The molecule has 1 aromatic rings. The SMILES string of the molecule is CN(C[C@@H]1OC(=O)N2c3cc(F)c(C4CCC(O)CC4)cc3C[C@@H]12)C(=O)O. The van der Waals surface area contributed by atoms with E-state index in [1.807, 2.05) is 6.07 Å². The summed E-state index contributed by atoms with van der Waals surface area (Å²) in [6, 6.07) is 2.92. The minimum atomic E-state index is -1.09. The van der Waals surface area contributed by atoms with Crippen LogP contribution >= 0.6 is 0 Å². The lowest BCUT2D eigenvalue weighted by Gasteiger charge is -2.26. The molecule has 1 saturated carbocycles. The number of hydrogen-bond donors (Lipinski definition) is 2. The number of nitrogens with zero attached hydrogens (tertiary/aromatic N) is 2. The molecule has 1 aromatic carbocycles. The zero-order chi connectivity index (χ0) is 19.3. The second-order valence-corrected chi connectivity index (χ2v) is 7.73. The fourth-order valence-corrected chi connectivity index (χ4v) is 4.51. The summed E-state index contributed by atoms with van der Waals surface area (Å²) in [5.41, 5.74) is 2.05. The molecule has 1 saturated heterocycles. The topological polar surface area (TPSA) is 90.3 Å². The normalized spacial score (nSPS) is 29.3. The van der Waals surface area contributed by atoms with Gasteiger partial charge in [-0.3, -0.25) is 4.90 Å². The van der Waals surface area contributed by atoms with E-state index in [9.17, 15) is 19.1 Å². The molecular weight excluding hydrogens is 355 g/mol. The smallest absolute Gasteiger partial charge is 0.415 e. The third-order valence-electron chi connectivity index (χ3n) is 6.01. The van der Waals surface area contributed by atoms with E-state index in [0.717, 1.165) is 23.3 Å². The van der Waals surface area contributed by atoms with Crippen LogP contribution in [0, 0.1) is 5.82 Å². The number of likely N-dealkylation sites (N-methyl/N-ethyl adjacent to an activating group) is 1. The molecule has 3 aliphatic rings. The second kappa shape index (κ2) is 6.67. The fraction of sp³-hybridized carbons (Fsp3) is 0.579. The van der Waals surface area contributed by atoms with E-state index < -0.39 is 18.3 Å². The number of ether oxygens (including phenoxy) is 1. The molecule has 0 radical (unpaired) electrons. The summed E-state index contributed by atoms with van der Waals surface area (Å²) < 4.78 is 20.1. The first-order valence-electron chi connectivity index (χ1n) is 9.29. The monoisotopic (exact) mass is 378 g/mol. The Morgan fingerprint density at radius 2 is 2.04 bits per heavy atom. The summed E-state index contributed by atoms with van der Waals surface area (Å²) in [5.74, 6) is -0.260. The van der Waals surface area contributed by atoms with Gasteiger partial charge in [-0.25, -0.2) is 14.0 Å². The molecule has 7 nitrogen and oxygen atoms in total. The van der Waals surface area contributed by atoms with Gasteiger partial charge in [0.1, 0.15) is 11.9 Å². The lowest BCUT2D eigenvalue weighted by molar-refractivity contribution is 0.0961. The van der Waals surface area contributed by atoms with Gasteiger partial charge in [-0.1, -0.05) is 6.07 Å². The number of carboxylic acid groups (broad SMARTS) is 1. The van der Waals surface area contributed by atoms with Gasteiger partial charge in [-0.2, -0.15) is 0 Å². The number of cyclic esters (lactones) is 1. The van der Waals surface area contributed by atoms with Gasteiger partial charge < -0.3 is 19.8 Å². The largest absolute Gasteiger partial charge is 0.465 e. The zero-order valence-electron chi connectivity index (χ0n) is 15.1. The van der Waals surface area contributed by atoms with Crippen LogP contribution in [0.1, 0.15) is 42.7 Å². The second-order valence-electron chi connectivity index (χ2n) is 7.73. The van der Waals surface area contributed by atoms with Crippen molar-refractivity contribution in [1.82, 2.24) is 4.90 Å². The summed E-state index contributed by atoms with van der Waals surface area (Å²) in [4.78, 5) is 25.9. The van der Waals surface area contributed by atoms with Crippen LogP contribution in [0.4, 0.5) is 19.7 Å². The van der Waals surface area contributed by atoms with E-state index in [-0.39, 0.29) is 30.4 Å². The minimum Gasteiger partial charge on any atom is -0.465 e. The van der Waals surface area contributed by atoms with E-state index in [0.29, 0.717) is 30.5 Å². The molecule has 2 fully saturated rings. The first-order valence-corrected chi connectivity index (χ1v) is 9.29. The van der Waals surface area contributed by atoms with E-state index in [4.69, 9.17) is 9.84 Å². The summed E-state index contributed by atoms with van der Waals surface area (Å²) in [6.07, 6.45) is 0.826. The summed E-state index contributed by atoms with van der Waals surface area (Å²) in [7, 11) is 1.43. The highest BCUT2D eigenvalue weighted by Gasteiger charge is 2.48. The highest BCUT2D eigenvalue weighted by molar-refractivity contribution is 5.94. The van der Waals surface area contributed by atoms with Crippen LogP contribution in [0.25, 0.3) is 0 Å². The molecule has 4 rings (SSSR count). The minimum absolute atomic E-state index is 0.0755. The number of aliphatic hydroxyl groups is 1. The average Bonchev–Trinajstić information content (AvgIpc) is 3.13. The van der Waals surface area contributed by atoms with Crippen LogP contribution in [-0.2, 0) is 11.2 Å². The van der Waals surface area contributed by atoms with Gasteiger partial charge in [-0.05, 0) is 55.2 Å². The van der Waals surface area contributed by atoms with Crippen LogP contribution in [0.15, 0.2) is 12.1 Å². The molecule has 2 heterocycles. The Labute approximate surface area is 156 Å². The fourth-order valence-electron chi connectivity index (χ4n) is 4.51. The van der Waals surface area contributed by atoms with Gasteiger partial charge in [0.15, 0.2) is 0 Å². The third kappa shape index (κ3) is 3.12. The molecular formula is C19H23FN2O5. The Hall–Kier alpha value is -2.35. The van der Waals surface area contributed by atoms with E-state index in [1.165, 1.54) is 18.0 Å². The van der Waals surface area contributed by atoms with Gasteiger partial charge in [-0.15, -0.1) is 0 Å². The highest BCUT2D eigenvalue weighted by atomic mass is 19.1. The van der Waals surface area contributed by atoms with Crippen molar-refractivity contribution < 1.29 is 28.9 Å². The maximum atomic E-state index is 14.8. The number of amides is 2. The van der Waals surface area contributed by atoms with Crippen molar-refractivity contribution >= 4 is 17.9 Å². The van der Waals surface area contributed by atoms with Crippen molar-refractivity contribution in [3.05, 3.63) is 29.1 Å². The van der Waals surface area contributed by atoms with Gasteiger partial charge in [0, 0.05) is 7.05 Å². The number of fused-ring (bicyclic) bond motifs is 3. The molecule has 2 amide bonds. The maximum Gasteiger partial charge on any atom is 0.415 e. The van der Waals surface area contributed by atoms with Gasteiger partial charge >= 0.3 is 12.2 Å². The number of carbonyl (C=O) groups is 2. The number of benzene rings is 1. The van der Waals surface area contributed by atoms with Crippen LogP contribution in [0.2, 0.25) is 0 Å². The third-order valence-corrected chi connectivity index (χ3v) is 6.01. The number of anilines is 1. The molecule has 2 N–H and O–H groups in total. The molecule has 0 bridgehead atoms. The number of carbonyl (C=O) groups excluding carboxylic acids is 1. The van der Waals surface area contributed by atoms with Gasteiger partial charge in [0.2, 0.25) is 0 Å². The van der Waals surface area contributed by atoms with Crippen molar-refractivity contribution in [3.63, 3.8) is 0 Å². The van der Waals surface area contributed by atoms with E-state index in [1.54, 1.807) is 0 Å². The van der Waals surface area contributed by atoms with Crippen LogP contribution in [0.5, 0.6) is 0 Å². The first-order chi connectivity index (χ1) is 12.8.